The summed E-state index contributed by atoms with van der Waals surface area (Å²) in [6.45, 7) is 0.626. The fourth-order valence-electron chi connectivity index (χ4n) is 1.65. The van der Waals surface area contributed by atoms with Crippen LogP contribution in [0.3, 0.4) is 0 Å². The first-order chi connectivity index (χ1) is 6.90. The number of hydrogen-bond donors (Lipinski definition) is 1. The first-order valence-electron chi connectivity index (χ1n) is 5.03. The second kappa shape index (κ2) is 6.30. The second-order valence-electron chi connectivity index (χ2n) is 3.44. The number of aromatic nitrogens is 2. The summed E-state index contributed by atoms with van der Waals surface area (Å²) in [7, 11) is 0. The zero-order chi connectivity index (χ0) is 9.80. The lowest BCUT2D eigenvalue weighted by atomic mass is 10.2. The van der Waals surface area contributed by atoms with Gasteiger partial charge in [0, 0.05) is 17.9 Å². The molecule has 1 aromatic rings. The number of thioether (sulfide) groups is 1. The molecule has 0 radical (unpaired) electrons. The van der Waals surface area contributed by atoms with E-state index in [1.54, 1.807) is 0 Å². The minimum atomic E-state index is 0. The molecule has 0 spiro atoms. The molecule has 1 aliphatic heterocycles. The van der Waals surface area contributed by atoms with Crippen molar-refractivity contribution in [2.75, 3.05) is 12.3 Å². The van der Waals surface area contributed by atoms with E-state index < -0.39 is 0 Å². The van der Waals surface area contributed by atoms with Crippen molar-refractivity contribution in [1.29, 1.82) is 0 Å². The molecule has 84 valence electrons. The highest BCUT2D eigenvalue weighted by Crippen LogP contribution is 2.38. The molecule has 0 bridgehead atoms. The first-order valence-corrected chi connectivity index (χ1v) is 6.08. The summed E-state index contributed by atoms with van der Waals surface area (Å²) in [5.41, 5.74) is 6.66. The van der Waals surface area contributed by atoms with E-state index in [9.17, 15) is 0 Å². The molecule has 1 fully saturated rings. The maximum atomic E-state index is 5.48. The molecular formula is C10H16ClN3S. The summed E-state index contributed by atoms with van der Waals surface area (Å²) in [6.07, 6.45) is 5.20. The summed E-state index contributed by atoms with van der Waals surface area (Å²) in [4.78, 5) is 8.73. The Kier molecular flexibility index (Phi) is 5.36. The van der Waals surface area contributed by atoms with Crippen LogP contribution in [0.1, 0.15) is 29.6 Å². The van der Waals surface area contributed by atoms with Crippen LogP contribution >= 0.6 is 24.2 Å². The number of halogens is 1. The van der Waals surface area contributed by atoms with Crippen molar-refractivity contribution in [2.45, 2.75) is 24.5 Å². The van der Waals surface area contributed by atoms with Gasteiger partial charge in [-0.15, -0.1) is 12.4 Å². The number of rotatable bonds is 3. The van der Waals surface area contributed by atoms with Gasteiger partial charge in [0.15, 0.2) is 0 Å². The smallest absolute Gasteiger partial charge is 0.129 e. The first kappa shape index (κ1) is 12.7. The van der Waals surface area contributed by atoms with Gasteiger partial charge >= 0.3 is 0 Å². The van der Waals surface area contributed by atoms with Gasteiger partial charge in [-0.2, -0.15) is 11.8 Å². The van der Waals surface area contributed by atoms with Crippen molar-refractivity contribution < 1.29 is 0 Å². The summed E-state index contributed by atoms with van der Waals surface area (Å²) < 4.78 is 0. The fourth-order valence-corrected chi connectivity index (χ4v) is 2.91. The van der Waals surface area contributed by atoms with Gasteiger partial charge in [-0.05, 0) is 31.2 Å². The molecule has 0 aromatic carbocycles. The highest BCUT2D eigenvalue weighted by Gasteiger charge is 2.18. The van der Waals surface area contributed by atoms with Crippen LogP contribution in [0.15, 0.2) is 12.3 Å². The Morgan fingerprint density at radius 2 is 2.40 bits per heavy atom. The minimum absolute atomic E-state index is 0. The van der Waals surface area contributed by atoms with Crippen LogP contribution in [-0.4, -0.2) is 22.3 Å². The maximum Gasteiger partial charge on any atom is 0.129 e. The quantitative estimate of drug-likeness (QED) is 0.885. The van der Waals surface area contributed by atoms with Gasteiger partial charge in [-0.25, -0.2) is 9.97 Å². The zero-order valence-electron chi connectivity index (χ0n) is 8.56. The Bertz CT molecular complexity index is 302. The molecule has 1 aromatic heterocycles. The molecule has 2 heterocycles. The molecule has 0 amide bonds. The van der Waals surface area contributed by atoms with Crippen LogP contribution < -0.4 is 5.73 Å². The van der Waals surface area contributed by atoms with E-state index in [-0.39, 0.29) is 12.4 Å². The van der Waals surface area contributed by atoms with Crippen LogP contribution in [0.5, 0.6) is 0 Å². The Hall–Kier alpha value is -0.320. The highest BCUT2D eigenvalue weighted by atomic mass is 35.5. The summed E-state index contributed by atoms with van der Waals surface area (Å²) >= 11 is 2.00. The van der Waals surface area contributed by atoms with Crippen molar-refractivity contribution >= 4 is 24.2 Å². The maximum absolute atomic E-state index is 5.48. The van der Waals surface area contributed by atoms with Crippen LogP contribution in [0, 0.1) is 0 Å². The van der Waals surface area contributed by atoms with E-state index in [1.165, 1.54) is 24.3 Å². The lowest BCUT2D eigenvalue weighted by molar-refractivity contribution is 0.776. The van der Waals surface area contributed by atoms with Gasteiger partial charge in [-0.3, -0.25) is 0 Å². The third-order valence-corrected chi connectivity index (χ3v) is 3.76. The minimum Gasteiger partial charge on any atom is -0.330 e. The van der Waals surface area contributed by atoms with Crippen LogP contribution in [0.25, 0.3) is 0 Å². The van der Waals surface area contributed by atoms with Gasteiger partial charge in [0.05, 0.1) is 5.69 Å². The van der Waals surface area contributed by atoms with Crippen molar-refractivity contribution in [3.05, 3.63) is 23.8 Å². The van der Waals surface area contributed by atoms with Crippen LogP contribution in [0.4, 0.5) is 0 Å². The van der Waals surface area contributed by atoms with Crippen molar-refractivity contribution in [3.63, 3.8) is 0 Å². The average Bonchev–Trinajstić information content (AvgIpc) is 2.71. The standard InChI is InChI=1S/C10H15N3S.ClH/c11-5-3-10-12-6-4-8(13-10)9-2-1-7-14-9;/h4,6,9H,1-3,5,7,11H2;1H. The molecule has 1 aliphatic rings. The molecule has 1 saturated heterocycles. The molecule has 2 N–H and O–H groups in total. The van der Waals surface area contributed by atoms with Gasteiger partial charge in [-0.1, -0.05) is 0 Å². The average molecular weight is 246 g/mol. The second-order valence-corrected chi connectivity index (χ2v) is 4.75. The summed E-state index contributed by atoms with van der Waals surface area (Å²) in [6, 6.07) is 2.03. The summed E-state index contributed by atoms with van der Waals surface area (Å²) in [5.74, 6) is 2.15. The molecular weight excluding hydrogens is 230 g/mol. The Morgan fingerprint density at radius 3 is 3.07 bits per heavy atom. The third-order valence-electron chi connectivity index (χ3n) is 2.35. The van der Waals surface area contributed by atoms with E-state index in [2.05, 4.69) is 9.97 Å². The Morgan fingerprint density at radius 1 is 1.53 bits per heavy atom. The zero-order valence-corrected chi connectivity index (χ0v) is 10.2. The summed E-state index contributed by atoms with van der Waals surface area (Å²) in [5, 5.41) is 0.592. The number of nitrogens with two attached hydrogens (primary N) is 1. The molecule has 5 heteroatoms. The molecule has 1 atom stereocenters. The van der Waals surface area contributed by atoms with Crippen molar-refractivity contribution in [3.8, 4) is 0 Å². The Labute approximate surface area is 101 Å². The van der Waals surface area contributed by atoms with Crippen LogP contribution in [-0.2, 0) is 6.42 Å². The van der Waals surface area contributed by atoms with Crippen LogP contribution in [0.2, 0.25) is 0 Å². The van der Waals surface area contributed by atoms with Crippen molar-refractivity contribution in [2.24, 2.45) is 5.73 Å². The van der Waals surface area contributed by atoms with Gasteiger partial charge < -0.3 is 5.73 Å². The topological polar surface area (TPSA) is 51.8 Å². The van der Waals surface area contributed by atoms with Gasteiger partial charge in [0.25, 0.3) is 0 Å². The third kappa shape index (κ3) is 3.33. The monoisotopic (exact) mass is 245 g/mol. The van der Waals surface area contributed by atoms with E-state index >= 15 is 0 Å². The van der Waals surface area contributed by atoms with Gasteiger partial charge in [0.1, 0.15) is 5.82 Å². The molecule has 2 rings (SSSR count). The molecule has 0 saturated carbocycles. The Balaban J connectivity index is 0.00000112. The molecule has 1 unspecified atom stereocenters. The predicted molar refractivity (Wildman–Crippen MR) is 66.5 cm³/mol. The van der Waals surface area contributed by atoms with E-state index in [0.717, 1.165) is 12.2 Å². The van der Waals surface area contributed by atoms with E-state index in [1.807, 2.05) is 24.0 Å². The van der Waals surface area contributed by atoms with Crippen molar-refractivity contribution in [1.82, 2.24) is 9.97 Å². The van der Waals surface area contributed by atoms with E-state index in [0.29, 0.717) is 11.8 Å². The SMILES string of the molecule is Cl.NCCc1nccc(C2CCCS2)n1. The molecule has 0 aliphatic carbocycles. The van der Waals surface area contributed by atoms with Gasteiger partial charge in [0.2, 0.25) is 0 Å². The normalized spacial score (nSPS) is 19.9. The largest absolute Gasteiger partial charge is 0.330 e. The fraction of sp³-hybridized carbons (Fsp3) is 0.600. The highest BCUT2D eigenvalue weighted by molar-refractivity contribution is 7.99. The predicted octanol–water partition coefficient (Wildman–Crippen LogP) is 1.97. The number of nitrogens with zero attached hydrogens (tertiary/aromatic N) is 2. The lowest BCUT2D eigenvalue weighted by Crippen LogP contribution is -2.08. The number of hydrogen-bond acceptors (Lipinski definition) is 4. The lowest BCUT2D eigenvalue weighted by Gasteiger charge is -2.08. The molecule has 3 nitrogen and oxygen atoms in total. The van der Waals surface area contributed by atoms with E-state index in [4.69, 9.17) is 5.73 Å². The molecule has 15 heavy (non-hydrogen) atoms.